The number of anilines is 1. The number of carbonyl (C=O) groups is 2. The molecule has 0 aliphatic rings. The second kappa shape index (κ2) is 13.2. The van der Waals surface area contributed by atoms with Crippen molar-refractivity contribution in [2.45, 2.75) is 38.9 Å². The minimum absolute atomic E-state index is 0.146. The zero-order valence-corrected chi connectivity index (χ0v) is 22.4. The molecular formula is C31H33F3N4O2. The summed E-state index contributed by atoms with van der Waals surface area (Å²) < 4.78 is 38.7. The number of halogens is 3. The highest BCUT2D eigenvalue weighted by molar-refractivity contribution is 5.92. The van der Waals surface area contributed by atoms with Crippen LogP contribution in [0.1, 0.15) is 36.5 Å². The Hall–Kier alpha value is -4.27. The van der Waals surface area contributed by atoms with Gasteiger partial charge in [0.05, 0.1) is 5.56 Å². The van der Waals surface area contributed by atoms with Crippen LogP contribution < -0.4 is 5.32 Å². The number of unbranched alkanes of at least 4 members (excludes halogenated alkanes) is 1. The summed E-state index contributed by atoms with van der Waals surface area (Å²) in [5.41, 5.74) is 2.54. The summed E-state index contributed by atoms with van der Waals surface area (Å²) in [4.78, 5) is 33.2. The number of aromatic amines is 1. The molecule has 0 spiro atoms. The van der Waals surface area contributed by atoms with Gasteiger partial charge in [-0.15, -0.1) is 0 Å². The predicted octanol–water partition coefficient (Wildman–Crippen LogP) is 7.09. The molecule has 0 radical (unpaired) electrons. The summed E-state index contributed by atoms with van der Waals surface area (Å²) in [5, 5.41) is 3.75. The molecule has 0 fully saturated rings. The Morgan fingerprint density at radius 3 is 2.27 bits per heavy atom. The molecule has 6 nitrogen and oxygen atoms in total. The van der Waals surface area contributed by atoms with Gasteiger partial charge in [-0.25, -0.2) is 4.79 Å². The van der Waals surface area contributed by atoms with Gasteiger partial charge < -0.3 is 20.1 Å². The van der Waals surface area contributed by atoms with Crippen LogP contribution in [0.15, 0.2) is 85.1 Å². The summed E-state index contributed by atoms with van der Waals surface area (Å²) in [6.07, 6.45) is -0.374. The number of carbonyl (C=O) groups excluding carboxylic acids is 2. The number of hydrogen-bond donors (Lipinski definition) is 2. The molecule has 3 amide bonds. The van der Waals surface area contributed by atoms with Crippen molar-refractivity contribution in [1.82, 2.24) is 14.8 Å². The molecule has 0 atom stereocenters. The van der Waals surface area contributed by atoms with Gasteiger partial charge in [0, 0.05) is 42.4 Å². The largest absolute Gasteiger partial charge is 0.416 e. The monoisotopic (exact) mass is 550 g/mol. The number of benzene rings is 3. The van der Waals surface area contributed by atoms with Crippen LogP contribution in [0.2, 0.25) is 0 Å². The number of H-pyrrole nitrogens is 1. The van der Waals surface area contributed by atoms with E-state index in [1.807, 2.05) is 67.7 Å². The molecule has 1 heterocycles. The smallest absolute Gasteiger partial charge is 0.361 e. The Morgan fingerprint density at radius 2 is 1.57 bits per heavy atom. The first kappa shape index (κ1) is 28.7. The Morgan fingerprint density at radius 1 is 0.875 bits per heavy atom. The molecule has 210 valence electrons. The van der Waals surface area contributed by atoms with Crippen molar-refractivity contribution in [3.8, 4) is 0 Å². The van der Waals surface area contributed by atoms with E-state index in [1.165, 1.54) is 17.0 Å². The van der Waals surface area contributed by atoms with E-state index in [-0.39, 0.29) is 18.1 Å². The summed E-state index contributed by atoms with van der Waals surface area (Å²) in [6, 6.07) is 21.4. The second-order valence-corrected chi connectivity index (χ2v) is 9.69. The van der Waals surface area contributed by atoms with E-state index >= 15 is 0 Å². The average molecular weight is 551 g/mol. The third-order valence-electron chi connectivity index (χ3n) is 6.75. The highest BCUT2D eigenvalue weighted by Gasteiger charge is 2.30. The summed E-state index contributed by atoms with van der Waals surface area (Å²) >= 11 is 0. The molecule has 0 saturated heterocycles. The fourth-order valence-electron chi connectivity index (χ4n) is 4.50. The van der Waals surface area contributed by atoms with Gasteiger partial charge in [-0.1, -0.05) is 61.9 Å². The van der Waals surface area contributed by atoms with Crippen molar-refractivity contribution in [2.75, 3.05) is 25.0 Å². The topological polar surface area (TPSA) is 68.4 Å². The first-order chi connectivity index (χ1) is 19.2. The molecule has 0 bridgehead atoms. The molecule has 9 heteroatoms. The molecule has 0 unspecified atom stereocenters. The highest BCUT2D eigenvalue weighted by atomic mass is 19.4. The standard InChI is InChI=1S/C31H33F3N4O2/c1-2-3-18-38(30(40)36-26-15-13-25(14-16-26)31(32,33)34)22-29(39)37(21-23-9-5-4-6-10-23)19-17-24-20-35-28-12-8-7-11-27(24)28/h4-16,20,35H,2-3,17-19,21-22H2,1H3,(H,36,40). The number of alkyl halides is 3. The molecule has 4 rings (SSSR count). The van der Waals surface area contributed by atoms with Crippen LogP contribution in [0, 0.1) is 0 Å². The maximum Gasteiger partial charge on any atom is 0.416 e. The van der Waals surface area contributed by atoms with Crippen molar-refractivity contribution in [1.29, 1.82) is 0 Å². The lowest BCUT2D eigenvalue weighted by atomic mass is 10.1. The van der Waals surface area contributed by atoms with E-state index in [2.05, 4.69) is 10.3 Å². The predicted molar refractivity (Wildman–Crippen MR) is 151 cm³/mol. The number of rotatable bonds is 11. The quantitative estimate of drug-likeness (QED) is 0.209. The van der Waals surface area contributed by atoms with Crippen LogP contribution in [0.4, 0.5) is 23.7 Å². The van der Waals surface area contributed by atoms with Crippen LogP contribution in [-0.2, 0) is 23.9 Å². The minimum atomic E-state index is -4.46. The molecule has 0 aliphatic carbocycles. The van der Waals surface area contributed by atoms with Crippen LogP contribution in [0.3, 0.4) is 0 Å². The van der Waals surface area contributed by atoms with Crippen molar-refractivity contribution in [3.63, 3.8) is 0 Å². The van der Waals surface area contributed by atoms with Crippen molar-refractivity contribution < 1.29 is 22.8 Å². The summed E-state index contributed by atoms with van der Waals surface area (Å²) in [5.74, 6) is -0.206. The van der Waals surface area contributed by atoms with Gasteiger partial charge in [0.1, 0.15) is 6.54 Å². The zero-order valence-electron chi connectivity index (χ0n) is 22.4. The number of urea groups is 1. The molecule has 3 aromatic carbocycles. The lowest BCUT2D eigenvalue weighted by Gasteiger charge is -2.28. The van der Waals surface area contributed by atoms with Gasteiger partial charge in [0.15, 0.2) is 0 Å². The lowest BCUT2D eigenvalue weighted by Crippen LogP contribution is -2.45. The second-order valence-electron chi connectivity index (χ2n) is 9.69. The van der Waals surface area contributed by atoms with Gasteiger partial charge in [-0.05, 0) is 54.3 Å². The molecule has 40 heavy (non-hydrogen) atoms. The summed E-state index contributed by atoms with van der Waals surface area (Å²) in [7, 11) is 0. The summed E-state index contributed by atoms with van der Waals surface area (Å²) in [6.45, 7) is 3.03. The van der Waals surface area contributed by atoms with Gasteiger partial charge in [-0.3, -0.25) is 4.79 Å². The van der Waals surface area contributed by atoms with Gasteiger partial charge in [0.25, 0.3) is 0 Å². The molecule has 0 aliphatic heterocycles. The third kappa shape index (κ3) is 7.65. The molecule has 0 saturated carbocycles. The van der Waals surface area contributed by atoms with Crippen LogP contribution in [0.25, 0.3) is 10.9 Å². The van der Waals surface area contributed by atoms with E-state index in [1.54, 1.807) is 4.90 Å². The van der Waals surface area contributed by atoms with Gasteiger partial charge in [0.2, 0.25) is 5.91 Å². The Bertz CT molecular complexity index is 1400. The molecule has 4 aromatic rings. The van der Waals surface area contributed by atoms with Crippen LogP contribution in [0.5, 0.6) is 0 Å². The first-order valence-electron chi connectivity index (χ1n) is 13.3. The minimum Gasteiger partial charge on any atom is -0.361 e. The Labute approximate surface area is 231 Å². The first-order valence-corrected chi connectivity index (χ1v) is 13.3. The van der Waals surface area contributed by atoms with Gasteiger partial charge >= 0.3 is 12.2 Å². The average Bonchev–Trinajstić information content (AvgIpc) is 3.36. The van der Waals surface area contributed by atoms with Crippen LogP contribution in [-0.4, -0.2) is 46.4 Å². The maximum absolute atomic E-state index is 13.6. The van der Waals surface area contributed by atoms with E-state index in [0.29, 0.717) is 32.5 Å². The number of para-hydroxylation sites is 1. The SMILES string of the molecule is CCCCN(CC(=O)N(CCc1c[nH]c2ccccc12)Cc1ccccc1)C(=O)Nc1ccc(C(F)(F)F)cc1. The Kier molecular flexibility index (Phi) is 9.47. The van der Waals surface area contributed by atoms with Crippen molar-refractivity contribution in [3.05, 3.63) is 102 Å². The van der Waals surface area contributed by atoms with E-state index in [0.717, 1.165) is 40.6 Å². The normalized spacial score (nSPS) is 11.4. The molecule has 2 N–H and O–H groups in total. The number of nitrogens with one attached hydrogen (secondary N) is 2. The number of amides is 3. The zero-order chi connectivity index (χ0) is 28.5. The molecule has 1 aromatic heterocycles. The third-order valence-corrected chi connectivity index (χ3v) is 6.75. The Balaban J connectivity index is 1.48. The van der Waals surface area contributed by atoms with E-state index < -0.39 is 17.8 Å². The number of aromatic nitrogens is 1. The highest BCUT2D eigenvalue weighted by Crippen LogP contribution is 2.30. The number of nitrogens with zero attached hydrogens (tertiary/aromatic N) is 2. The maximum atomic E-state index is 13.6. The van der Waals surface area contributed by atoms with Gasteiger partial charge in [-0.2, -0.15) is 13.2 Å². The molecular weight excluding hydrogens is 517 g/mol. The lowest BCUT2D eigenvalue weighted by molar-refractivity contribution is -0.137. The van der Waals surface area contributed by atoms with Crippen LogP contribution >= 0.6 is 0 Å². The van der Waals surface area contributed by atoms with Crippen molar-refractivity contribution >= 4 is 28.5 Å². The fraction of sp³-hybridized carbons (Fsp3) is 0.290. The number of hydrogen-bond acceptors (Lipinski definition) is 2. The fourth-order valence-corrected chi connectivity index (χ4v) is 4.50. The van der Waals surface area contributed by atoms with E-state index in [9.17, 15) is 22.8 Å². The van der Waals surface area contributed by atoms with E-state index in [4.69, 9.17) is 0 Å². The number of fused-ring (bicyclic) bond motifs is 1. The van der Waals surface area contributed by atoms with Crippen molar-refractivity contribution in [2.24, 2.45) is 0 Å².